The Kier molecular flexibility index (Phi) is 1.90. The van der Waals surface area contributed by atoms with Crippen molar-refractivity contribution < 1.29 is 0 Å². The van der Waals surface area contributed by atoms with Crippen LogP contribution in [0.2, 0.25) is 0 Å². The fraction of sp³-hybridized carbons (Fsp3) is 0.375. The predicted octanol–water partition coefficient (Wildman–Crippen LogP) is 2.49. The van der Waals surface area contributed by atoms with Crippen LogP contribution in [0.1, 0.15) is 19.3 Å². The summed E-state index contributed by atoms with van der Waals surface area (Å²) in [4.78, 5) is 0. The third-order valence-corrected chi connectivity index (χ3v) is 1.39. The van der Waals surface area contributed by atoms with Gasteiger partial charge in [-0.15, -0.1) is 6.58 Å². The molecule has 0 aromatic rings. The van der Waals surface area contributed by atoms with Gasteiger partial charge in [-0.05, 0) is 25.7 Å². The van der Waals surface area contributed by atoms with Crippen LogP contribution < -0.4 is 0 Å². The Morgan fingerprint density at radius 1 is 1.75 bits per heavy atom. The van der Waals surface area contributed by atoms with Gasteiger partial charge in [0.25, 0.3) is 0 Å². The second-order valence-electron chi connectivity index (χ2n) is 2.08. The van der Waals surface area contributed by atoms with Crippen LogP contribution in [0.3, 0.4) is 0 Å². The molecule has 0 saturated heterocycles. The van der Waals surface area contributed by atoms with Crippen molar-refractivity contribution in [2.75, 3.05) is 0 Å². The van der Waals surface area contributed by atoms with Gasteiger partial charge in [-0.3, -0.25) is 0 Å². The molecule has 1 radical (unpaired) electrons. The van der Waals surface area contributed by atoms with Crippen molar-refractivity contribution in [3.8, 4) is 0 Å². The first kappa shape index (κ1) is 5.61. The Hall–Kier alpha value is -0.520. The molecule has 0 heteroatoms. The number of hydrogen-bond acceptors (Lipinski definition) is 0. The lowest BCUT2D eigenvalue weighted by atomic mass is 10.2. The Morgan fingerprint density at radius 3 is 3.12 bits per heavy atom. The first-order chi connectivity index (χ1) is 3.93. The van der Waals surface area contributed by atoms with Crippen LogP contribution in [0.25, 0.3) is 0 Å². The highest BCUT2D eigenvalue weighted by Gasteiger charge is 2.00. The lowest BCUT2D eigenvalue weighted by molar-refractivity contribution is 1.09. The summed E-state index contributed by atoms with van der Waals surface area (Å²) in [7, 11) is 0. The molecule has 0 aliphatic heterocycles. The fourth-order valence-corrected chi connectivity index (χ4v) is 0.954. The molecule has 1 aliphatic rings. The Balaban J connectivity index is 2.33. The maximum absolute atomic E-state index is 3.67. The fourth-order valence-electron chi connectivity index (χ4n) is 0.954. The molecule has 0 saturated carbocycles. The lowest BCUT2D eigenvalue weighted by Crippen LogP contribution is -1.71. The van der Waals surface area contributed by atoms with Gasteiger partial charge in [0.15, 0.2) is 0 Å². The SMILES string of the molecule is C=CCC1=CC[CH]C1. The quantitative estimate of drug-likeness (QED) is 0.475. The zero-order valence-corrected chi connectivity index (χ0v) is 5.06. The molecule has 0 heterocycles. The van der Waals surface area contributed by atoms with E-state index in [1.807, 2.05) is 6.08 Å². The molecule has 1 aliphatic carbocycles. The topological polar surface area (TPSA) is 0 Å². The van der Waals surface area contributed by atoms with Crippen molar-refractivity contribution in [2.24, 2.45) is 0 Å². The summed E-state index contributed by atoms with van der Waals surface area (Å²) >= 11 is 0. The maximum Gasteiger partial charge on any atom is -0.0141 e. The number of rotatable bonds is 2. The predicted molar refractivity (Wildman–Crippen MR) is 36.4 cm³/mol. The lowest BCUT2D eigenvalue weighted by Gasteiger charge is -1.90. The van der Waals surface area contributed by atoms with Crippen molar-refractivity contribution in [3.63, 3.8) is 0 Å². The van der Waals surface area contributed by atoms with Gasteiger partial charge in [-0.2, -0.15) is 0 Å². The van der Waals surface area contributed by atoms with Crippen LogP contribution in [0.4, 0.5) is 0 Å². The molecule has 0 spiro atoms. The molecule has 1 rings (SSSR count). The molecule has 0 fully saturated rings. The van der Waals surface area contributed by atoms with Gasteiger partial charge < -0.3 is 0 Å². The van der Waals surface area contributed by atoms with E-state index in [-0.39, 0.29) is 0 Å². The van der Waals surface area contributed by atoms with E-state index in [0.717, 1.165) is 6.42 Å². The van der Waals surface area contributed by atoms with E-state index in [0.29, 0.717) is 0 Å². The zero-order chi connectivity index (χ0) is 5.82. The average molecular weight is 107 g/mol. The van der Waals surface area contributed by atoms with Gasteiger partial charge in [0.2, 0.25) is 0 Å². The molecule has 0 aromatic heterocycles. The van der Waals surface area contributed by atoms with Gasteiger partial charge in [0.1, 0.15) is 0 Å². The van der Waals surface area contributed by atoms with E-state index in [9.17, 15) is 0 Å². The molecule has 0 nitrogen and oxygen atoms in total. The van der Waals surface area contributed by atoms with Crippen LogP contribution >= 0.6 is 0 Å². The Morgan fingerprint density at radius 2 is 2.62 bits per heavy atom. The van der Waals surface area contributed by atoms with Gasteiger partial charge in [-0.1, -0.05) is 17.7 Å². The van der Waals surface area contributed by atoms with Gasteiger partial charge in [-0.25, -0.2) is 0 Å². The van der Waals surface area contributed by atoms with E-state index >= 15 is 0 Å². The Bertz CT molecular complexity index is 109. The van der Waals surface area contributed by atoms with Crippen molar-refractivity contribution in [2.45, 2.75) is 19.3 Å². The van der Waals surface area contributed by atoms with Crippen molar-refractivity contribution >= 4 is 0 Å². The highest BCUT2D eigenvalue weighted by Crippen LogP contribution is 2.19. The molecule has 0 atom stereocenters. The van der Waals surface area contributed by atoms with Crippen LogP contribution in [-0.2, 0) is 0 Å². The highest BCUT2D eigenvalue weighted by atomic mass is 14.1. The summed E-state index contributed by atoms with van der Waals surface area (Å²) < 4.78 is 0. The van der Waals surface area contributed by atoms with Gasteiger partial charge in [0, 0.05) is 0 Å². The first-order valence-corrected chi connectivity index (χ1v) is 3.04. The summed E-state index contributed by atoms with van der Waals surface area (Å²) in [6.45, 7) is 3.67. The standard InChI is InChI=1S/C8H11/c1-2-5-8-6-3-4-7-8/h2-3,7H,1,4-6H2. The average Bonchev–Trinajstić information content (AvgIpc) is 2.19. The van der Waals surface area contributed by atoms with E-state index in [2.05, 4.69) is 19.1 Å². The molecule has 0 N–H and O–H groups in total. The maximum atomic E-state index is 3.67. The van der Waals surface area contributed by atoms with Gasteiger partial charge in [0.05, 0.1) is 0 Å². The molecule has 0 unspecified atom stereocenters. The first-order valence-electron chi connectivity index (χ1n) is 3.04. The number of allylic oxidation sites excluding steroid dienone is 3. The minimum absolute atomic E-state index is 1.08. The zero-order valence-electron chi connectivity index (χ0n) is 5.06. The normalized spacial score (nSPS) is 18.2. The van der Waals surface area contributed by atoms with E-state index < -0.39 is 0 Å². The largest absolute Gasteiger partial charge is 0.103 e. The smallest absolute Gasteiger partial charge is 0.0141 e. The molecule has 0 bridgehead atoms. The van der Waals surface area contributed by atoms with Crippen molar-refractivity contribution in [1.29, 1.82) is 0 Å². The molecule has 8 heavy (non-hydrogen) atoms. The summed E-state index contributed by atoms with van der Waals surface area (Å²) in [6.07, 6.45) is 9.97. The summed E-state index contributed by atoms with van der Waals surface area (Å²) in [5.41, 5.74) is 1.53. The second-order valence-corrected chi connectivity index (χ2v) is 2.08. The molecule has 43 valence electrons. The van der Waals surface area contributed by atoms with Crippen LogP contribution in [-0.4, -0.2) is 0 Å². The Labute approximate surface area is 50.9 Å². The third kappa shape index (κ3) is 1.22. The molecular formula is C8H11. The third-order valence-electron chi connectivity index (χ3n) is 1.39. The monoisotopic (exact) mass is 107 g/mol. The summed E-state index contributed by atoms with van der Waals surface area (Å²) in [6, 6.07) is 0. The second kappa shape index (κ2) is 2.71. The summed E-state index contributed by atoms with van der Waals surface area (Å²) in [5.74, 6) is 0. The molecular weight excluding hydrogens is 96.1 g/mol. The van der Waals surface area contributed by atoms with Crippen LogP contribution in [0, 0.1) is 6.42 Å². The van der Waals surface area contributed by atoms with Crippen LogP contribution in [0.5, 0.6) is 0 Å². The van der Waals surface area contributed by atoms with Crippen LogP contribution in [0.15, 0.2) is 24.3 Å². The highest BCUT2D eigenvalue weighted by molar-refractivity contribution is 5.15. The summed E-state index contributed by atoms with van der Waals surface area (Å²) in [5, 5.41) is 0. The van der Waals surface area contributed by atoms with E-state index in [4.69, 9.17) is 0 Å². The van der Waals surface area contributed by atoms with E-state index in [1.165, 1.54) is 18.4 Å². The van der Waals surface area contributed by atoms with Gasteiger partial charge >= 0.3 is 0 Å². The minimum Gasteiger partial charge on any atom is -0.103 e. The van der Waals surface area contributed by atoms with Crippen molar-refractivity contribution in [1.82, 2.24) is 0 Å². The van der Waals surface area contributed by atoms with E-state index in [1.54, 1.807) is 0 Å². The van der Waals surface area contributed by atoms with Crippen molar-refractivity contribution in [3.05, 3.63) is 30.7 Å². The molecule has 0 amide bonds. The number of hydrogen-bond donors (Lipinski definition) is 0. The molecule has 0 aromatic carbocycles. The minimum atomic E-state index is 1.08.